The second-order valence-electron chi connectivity index (χ2n) is 4.18. The summed E-state index contributed by atoms with van der Waals surface area (Å²) in [6.07, 6.45) is 0. The Labute approximate surface area is 121 Å². The lowest BCUT2D eigenvalue weighted by Crippen LogP contribution is -2.31. The Kier molecular flexibility index (Phi) is 5.53. The molecule has 0 aromatic heterocycles. The summed E-state index contributed by atoms with van der Waals surface area (Å²) in [4.78, 5) is 34.3. The molecule has 0 aliphatic carbocycles. The van der Waals surface area contributed by atoms with Crippen molar-refractivity contribution in [3.05, 3.63) is 23.8 Å². The van der Waals surface area contributed by atoms with Crippen LogP contribution >= 0.6 is 0 Å². The minimum absolute atomic E-state index is 0.238. The minimum atomic E-state index is -1.11. The number of hydrogen-bond donors (Lipinski definition) is 2. The number of carboxylic acids is 1. The number of carbonyl (C=O) groups is 3. The molecule has 1 rings (SSSR count). The van der Waals surface area contributed by atoms with Crippen molar-refractivity contribution in [1.29, 1.82) is 0 Å². The van der Waals surface area contributed by atoms with Gasteiger partial charge in [0.25, 0.3) is 11.8 Å². The summed E-state index contributed by atoms with van der Waals surface area (Å²) < 4.78 is 10.2. The van der Waals surface area contributed by atoms with E-state index in [1.165, 1.54) is 32.4 Å². The number of nitrogens with two attached hydrogens (primary N) is 1. The summed E-state index contributed by atoms with van der Waals surface area (Å²) in [7, 11) is 2.75. The maximum atomic E-state index is 12.0. The van der Waals surface area contributed by atoms with Gasteiger partial charge in [-0.05, 0) is 18.2 Å². The highest BCUT2D eigenvalue weighted by Crippen LogP contribution is 2.28. The predicted molar refractivity (Wildman–Crippen MR) is 72.3 cm³/mol. The largest absolute Gasteiger partial charge is 0.493 e. The van der Waals surface area contributed by atoms with E-state index in [1.807, 2.05) is 0 Å². The molecule has 0 heterocycles. The molecule has 1 aromatic rings. The van der Waals surface area contributed by atoms with Gasteiger partial charge in [-0.15, -0.1) is 0 Å². The van der Waals surface area contributed by atoms with Gasteiger partial charge in [0.05, 0.1) is 7.11 Å². The molecule has 8 heteroatoms. The monoisotopic (exact) mass is 296 g/mol. The number of methoxy groups -OCH3 is 1. The van der Waals surface area contributed by atoms with E-state index in [1.54, 1.807) is 0 Å². The van der Waals surface area contributed by atoms with Gasteiger partial charge < -0.3 is 25.2 Å². The zero-order chi connectivity index (χ0) is 16.0. The number of carboxylic acid groups (broad SMARTS) is 1. The lowest BCUT2D eigenvalue weighted by Gasteiger charge is -2.16. The Hall–Kier alpha value is -2.77. The van der Waals surface area contributed by atoms with Crippen molar-refractivity contribution in [1.82, 2.24) is 4.90 Å². The van der Waals surface area contributed by atoms with Crippen molar-refractivity contribution in [2.24, 2.45) is 5.73 Å². The summed E-state index contributed by atoms with van der Waals surface area (Å²) in [5, 5.41) is 8.66. The quantitative estimate of drug-likeness (QED) is 0.714. The molecule has 8 nitrogen and oxygen atoms in total. The van der Waals surface area contributed by atoms with Gasteiger partial charge in [0.15, 0.2) is 18.1 Å². The van der Waals surface area contributed by atoms with Crippen LogP contribution < -0.4 is 15.2 Å². The molecule has 0 saturated heterocycles. The average molecular weight is 296 g/mol. The first-order valence-corrected chi connectivity index (χ1v) is 5.91. The van der Waals surface area contributed by atoms with Crippen molar-refractivity contribution >= 4 is 17.8 Å². The Morgan fingerprint density at radius 2 is 1.95 bits per heavy atom. The maximum Gasteiger partial charge on any atom is 0.323 e. The van der Waals surface area contributed by atoms with Crippen molar-refractivity contribution < 1.29 is 29.0 Å². The molecule has 0 fully saturated rings. The van der Waals surface area contributed by atoms with Crippen LogP contribution in [0, 0.1) is 0 Å². The van der Waals surface area contributed by atoms with Crippen LogP contribution in [0.2, 0.25) is 0 Å². The number of hydrogen-bond acceptors (Lipinski definition) is 5. The zero-order valence-electron chi connectivity index (χ0n) is 11.7. The molecule has 114 valence electrons. The van der Waals surface area contributed by atoms with E-state index in [-0.39, 0.29) is 23.7 Å². The second-order valence-corrected chi connectivity index (χ2v) is 4.18. The van der Waals surface area contributed by atoms with Crippen LogP contribution in [0.3, 0.4) is 0 Å². The third-order valence-corrected chi connectivity index (χ3v) is 2.50. The van der Waals surface area contributed by atoms with E-state index in [0.717, 1.165) is 4.90 Å². The highest BCUT2D eigenvalue weighted by Gasteiger charge is 2.17. The molecule has 2 amide bonds. The summed E-state index contributed by atoms with van der Waals surface area (Å²) in [6, 6.07) is 4.29. The summed E-state index contributed by atoms with van der Waals surface area (Å²) in [5.74, 6) is -1.73. The molecule has 0 aliphatic heterocycles. The third-order valence-electron chi connectivity index (χ3n) is 2.50. The van der Waals surface area contributed by atoms with Crippen molar-refractivity contribution in [3.63, 3.8) is 0 Å². The number of nitrogens with zero attached hydrogens (tertiary/aromatic N) is 1. The number of primary amides is 1. The summed E-state index contributed by atoms with van der Waals surface area (Å²) in [5.41, 5.74) is 5.21. The van der Waals surface area contributed by atoms with Crippen molar-refractivity contribution in [2.75, 3.05) is 27.3 Å². The van der Waals surface area contributed by atoms with Gasteiger partial charge in [0.2, 0.25) is 0 Å². The number of benzene rings is 1. The Bertz CT molecular complexity index is 558. The first-order valence-electron chi connectivity index (χ1n) is 5.91. The van der Waals surface area contributed by atoms with E-state index in [0.29, 0.717) is 0 Å². The van der Waals surface area contributed by atoms with Gasteiger partial charge in [-0.25, -0.2) is 0 Å². The molecule has 3 N–H and O–H groups in total. The fourth-order valence-electron chi connectivity index (χ4n) is 1.56. The molecule has 0 spiro atoms. The molecule has 1 aromatic carbocycles. The van der Waals surface area contributed by atoms with Crippen LogP contribution in [0.1, 0.15) is 10.4 Å². The molecular formula is C13H16N2O6. The molecular weight excluding hydrogens is 280 g/mol. The molecule has 0 unspecified atom stereocenters. The number of likely N-dealkylation sites (N-methyl/N-ethyl adjacent to an activating group) is 1. The van der Waals surface area contributed by atoms with E-state index >= 15 is 0 Å². The lowest BCUT2D eigenvalue weighted by atomic mass is 10.1. The van der Waals surface area contributed by atoms with Gasteiger partial charge in [0, 0.05) is 12.6 Å². The lowest BCUT2D eigenvalue weighted by molar-refractivity contribution is -0.137. The van der Waals surface area contributed by atoms with E-state index < -0.39 is 24.3 Å². The third kappa shape index (κ3) is 4.68. The smallest absolute Gasteiger partial charge is 0.323 e. The van der Waals surface area contributed by atoms with Crippen LogP contribution in [0.15, 0.2) is 18.2 Å². The molecule has 0 saturated carbocycles. The maximum absolute atomic E-state index is 12.0. The summed E-state index contributed by atoms with van der Waals surface area (Å²) >= 11 is 0. The van der Waals surface area contributed by atoms with E-state index in [2.05, 4.69) is 0 Å². The number of rotatable bonds is 7. The first kappa shape index (κ1) is 16.3. The topological polar surface area (TPSA) is 119 Å². The van der Waals surface area contributed by atoms with E-state index in [9.17, 15) is 14.4 Å². The SMILES string of the molecule is COc1cc(C(=O)N(C)CC(=O)O)ccc1OCC(N)=O. The van der Waals surface area contributed by atoms with Crippen LogP contribution in [0.4, 0.5) is 0 Å². The van der Waals surface area contributed by atoms with Crippen LogP contribution in [0.25, 0.3) is 0 Å². The minimum Gasteiger partial charge on any atom is -0.493 e. The first-order chi connectivity index (χ1) is 9.85. The Morgan fingerprint density at radius 3 is 2.48 bits per heavy atom. The predicted octanol–water partition coefficient (Wildman–Crippen LogP) is -0.284. The fraction of sp³-hybridized carbons (Fsp3) is 0.308. The molecule has 21 heavy (non-hydrogen) atoms. The van der Waals surface area contributed by atoms with Gasteiger partial charge in [0.1, 0.15) is 6.54 Å². The van der Waals surface area contributed by atoms with Crippen molar-refractivity contribution in [3.8, 4) is 11.5 Å². The van der Waals surface area contributed by atoms with Crippen LogP contribution in [-0.4, -0.2) is 55.1 Å². The standard InChI is InChI=1S/C13H16N2O6/c1-15(6-12(17)18)13(19)8-3-4-9(10(5-8)20-2)21-7-11(14)16/h3-5H,6-7H2,1-2H3,(H2,14,16)(H,17,18). The highest BCUT2D eigenvalue weighted by atomic mass is 16.5. The van der Waals surface area contributed by atoms with Crippen LogP contribution in [-0.2, 0) is 9.59 Å². The number of carbonyl (C=O) groups excluding carboxylic acids is 2. The number of amides is 2. The highest BCUT2D eigenvalue weighted by molar-refractivity contribution is 5.96. The van der Waals surface area contributed by atoms with Crippen LogP contribution in [0.5, 0.6) is 11.5 Å². The van der Waals surface area contributed by atoms with E-state index in [4.69, 9.17) is 20.3 Å². The molecule has 0 aliphatic rings. The van der Waals surface area contributed by atoms with Crippen molar-refractivity contribution in [2.45, 2.75) is 0 Å². The molecule has 0 atom stereocenters. The molecule has 0 bridgehead atoms. The normalized spacial score (nSPS) is 9.81. The summed E-state index contributed by atoms with van der Waals surface area (Å²) in [6.45, 7) is -0.732. The molecule has 0 radical (unpaired) electrons. The van der Waals surface area contributed by atoms with Gasteiger partial charge in [-0.2, -0.15) is 0 Å². The Morgan fingerprint density at radius 1 is 1.29 bits per heavy atom. The van der Waals surface area contributed by atoms with Gasteiger partial charge >= 0.3 is 5.97 Å². The number of aliphatic carboxylic acids is 1. The zero-order valence-corrected chi connectivity index (χ0v) is 11.7. The average Bonchev–Trinajstić information content (AvgIpc) is 2.43. The number of ether oxygens (including phenoxy) is 2. The second kappa shape index (κ2) is 7.13. The Balaban J connectivity index is 2.93. The van der Waals surface area contributed by atoms with Gasteiger partial charge in [-0.1, -0.05) is 0 Å². The van der Waals surface area contributed by atoms with Gasteiger partial charge in [-0.3, -0.25) is 14.4 Å². The fourth-order valence-corrected chi connectivity index (χ4v) is 1.56.